The minimum Gasteiger partial charge on any atom is -0.468 e. The molecule has 1 atom stereocenters. The predicted octanol–water partition coefficient (Wildman–Crippen LogP) is 2.23. The Balaban J connectivity index is 2.51. The van der Waals surface area contributed by atoms with Crippen molar-refractivity contribution in [2.24, 2.45) is 5.73 Å². The fourth-order valence-corrected chi connectivity index (χ4v) is 2.11. The van der Waals surface area contributed by atoms with Gasteiger partial charge in [-0.25, -0.2) is 0 Å². The number of benzene rings is 1. The van der Waals surface area contributed by atoms with E-state index in [-0.39, 0.29) is 12.0 Å². The number of carbonyl (C=O) groups excluding carboxylic acids is 1. The summed E-state index contributed by atoms with van der Waals surface area (Å²) in [7, 11) is 1.14. The molecule has 108 valence electrons. The summed E-state index contributed by atoms with van der Waals surface area (Å²) in [5.74, 6) is -0.747. The smallest absolute Gasteiger partial charge is 0.431 e. The Hall–Kier alpha value is -2.02. The third-order valence-electron chi connectivity index (χ3n) is 3.03. The molecule has 1 aromatic heterocycles. The molecule has 2 rings (SSSR count). The molecule has 4 nitrogen and oxygen atoms in total. The molecule has 1 aromatic carbocycles. The number of alkyl halides is 3. The molecule has 3 N–H and O–H groups in total. The van der Waals surface area contributed by atoms with Gasteiger partial charge in [-0.2, -0.15) is 13.2 Å². The number of H-pyrrole nitrogens is 1. The van der Waals surface area contributed by atoms with Crippen molar-refractivity contribution in [3.05, 3.63) is 35.5 Å². The zero-order valence-corrected chi connectivity index (χ0v) is 10.6. The molecule has 0 aliphatic rings. The van der Waals surface area contributed by atoms with Crippen molar-refractivity contribution in [1.82, 2.24) is 4.98 Å². The largest absolute Gasteiger partial charge is 0.468 e. The standard InChI is InChI=1S/C13H13F3N2O2/c1-20-12(19)9(17)6-8-7-4-2-3-5-10(7)18-11(8)13(14,15)16/h2-5,9,18H,6,17H2,1H3. The van der Waals surface area contributed by atoms with E-state index < -0.39 is 23.9 Å². The second kappa shape index (κ2) is 5.16. The quantitative estimate of drug-likeness (QED) is 0.850. The number of hydrogen-bond donors (Lipinski definition) is 2. The van der Waals surface area contributed by atoms with Crippen molar-refractivity contribution >= 4 is 16.9 Å². The van der Waals surface area contributed by atoms with Gasteiger partial charge in [0.1, 0.15) is 11.7 Å². The molecule has 0 amide bonds. The minimum atomic E-state index is -4.54. The molecule has 0 fully saturated rings. The topological polar surface area (TPSA) is 68.1 Å². The Labute approximate surface area is 112 Å². The van der Waals surface area contributed by atoms with E-state index in [0.29, 0.717) is 10.9 Å². The van der Waals surface area contributed by atoms with E-state index in [1.807, 2.05) is 0 Å². The summed E-state index contributed by atoms with van der Waals surface area (Å²) in [5, 5.41) is 0.402. The Bertz CT molecular complexity index is 634. The molecule has 0 radical (unpaired) electrons. The molecular formula is C13H13F3N2O2. The van der Waals surface area contributed by atoms with Crippen LogP contribution in [-0.2, 0) is 22.1 Å². The van der Waals surface area contributed by atoms with Gasteiger partial charge in [-0.1, -0.05) is 18.2 Å². The van der Waals surface area contributed by atoms with E-state index in [9.17, 15) is 18.0 Å². The predicted molar refractivity (Wildman–Crippen MR) is 67.0 cm³/mol. The number of halogens is 3. The Morgan fingerprint density at radius 1 is 1.40 bits per heavy atom. The molecule has 0 aliphatic heterocycles. The molecule has 0 bridgehead atoms. The van der Waals surface area contributed by atoms with Crippen LogP contribution in [0.15, 0.2) is 24.3 Å². The highest BCUT2D eigenvalue weighted by atomic mass is 19.4. The number of hydrogen-bond acceptors (Lipinski definition) is 3. The molecule has 1 unspecified atom stereocenters. The Morgan fingerprint density at radius 2 is 2.05 bits per heavy atom. The molecule has 20 heavy (non-hydrogen) atoms. The number of esters is 1. The zero-order chi connectivity index (χ0) is 14.9. The van der Waals surface area contributed by atoms with Crippen molar-refractivity contribution in [2.45, 2.75) is 18.6 Å². The highest BCUT2D eigenvalue weighted by Crippen LogP contribution is 2.35. The van der Waals surface area contributed by atoms with Crippen LogP contribution in [0, 0.1) is 0 Å². The van der Waals surface area contributed by atoms with Gasteiger partial charge in [0.2, 0.25) is 0 Å². The number of carbonyl (C=O) groups is 1. The van der Waals surface area contributed by atoms with Crippen LogP contribution in [0.2, 0.25) is 0 Å². The van der Waals surface area contributed by atoms with Gasteiger partial charge in [-0.3, -0.25) is 4.79 Å². The molecule has 0 aliphatic carbocycles. The first-order valence-electron chi connectivity index (χ1n) is 5.84. The molecule has 0 saturated heterocycles. The fourth-order valence-electron chi connectivity index (χ4n) is 2.11. The summed E-state index contributed by atoms with van der Waals surface area (Å²) in [6.07, 6.45) is -4.78. The van der Waals surface area contributed by atoms with Crippen LogP contribution in [0.25, 0.3) is 10.9 Å². The van der Waals surface area contributed by atoms with Crippen LogP contribution in [0.3, 0.4) is 0 Å². The van der Waals surface area contributed by atoms with Gasteiger partial charge in [0, 0.05) is 17.3 Å². The van der Waals surface area contributed by atoms with Gasteiger partial charge >= 0.3 is 12.1 Å². The maximum Gasteiger partial charge on any atom is 0.431 e. The van der Waals surface area contributed by atoms with Crippen molar-refractivity contribution < 1.29 is 22.7 Å². The normalized spacial score (nSPS) is 13.4. The minimum absolute atomic E-state index is 0.0222. The summed E-state index contributed by atoms with van der Waals surface area (Å²) >= 11 is 0. The molecule has 2 aromatic rings. The second-order valence-electron chi connectivity index (χ2n) is 4.36. The van der Waals surface area contributed by atoms with E-state index in [2.05, 4.69) is 9.72 Å². The molecular weight excluding hydrogens is 273 g/mol. The van der Waals surface area contributed by atoms with Gasteiger partial charge in [-0.15, -0.1) is 0 Å². The number of fused-ring (bicyclic) bond motifs is 1. The van der Waals surface area contributed by atoms with E-state index in [4.69, 9.17) is 5.73 Å². The first-order chi connectivity index (χ1) is 9.34. The number of aromatic amines is 1. The monoisotopic (exact) mass is 286 g/mol. The van der Waals surface area contributed by atoms with Crippen LogP contribution in [0.4, 0.5) is 13.2 Å². The summed E-state index contributed by atoms with van der Waals surface area (Å²) in [5.41, 5.74) is 5.02. The number of nitrogens with one attached hydrogen (secondary N) is 1. The lowest BCUT2D eigenvalue weighted by atomic mass is 10.0. The fraction of sp³-hybridized carbons (Fsp3) is 0.308. The van der Waals surface area contributed by atoms with E-state index in [0.717, 1.165) is 7.11 Å². The van der Waals surface area contributed by atoms with Gasteiger partial charge in [0.15, 0.2) is 0 Å². The van der Waals surface area contributed by atoms with Crippen molar-refractivity contribution in [3.8, 4) is 0 Å². The number of rotatable bonds is 3. The summed E-state index contributed by atoms with van der Waals surface area (Å²) < 4.78 is 43.5. The van der Waals surface area contributed by atoms with Crippen LogP contribution in [0.5, 0.6) is 0 Å². The van der Waals surface area contributed by atoms with Gasteiger partial charge < -0.3 is 15.5 Å². The first-order valence-corrected chi connectivity index (χ1v) is 5.84. The van der Waals surface area contributed by atoms with Crippen LogP contribution < -0.4 is 5.73 Å². The van der Waals surface area contributed by atoms with E-state index in [1.165, 1.54) is 6.07 Å². The summed E-state index contributed by atoms with van der Waals surface area (Å²) in [6, 6.07) is 5.21. The molecule has 7 heteroatoms. The molecule has 1 heterocycles. The number of para-hydroxylation sites is 1. The average Bonchev–Trinajstić information content (AvgIpc) is 2.77. The van der Waals surface area contributed by atoms with E-state index in [1.54, 1.807) is 18.2 Å². The van der Waals surface area contributed by atoms with Crippen molar-refractivity contribution in [2.75, 3.05) is 7.11 Å². The first kappa shape index (κ1) is 14.4. The third kappa shape index (κ3) is 2.62. The second-order valence-corrected chi connectivity index (χ2v) is 4.36. The highest BCUT2D eigenvalue weighted by molar-refractivity contribution is 5.86. The number of nitrogens with two attached hydrogens (primary N) is 1. The maximum atomic E-state index is 13.0. The Kier molecular flexibility index (Phi) is 3.71. The van der Waals surface area contributed by atoms with Crippen LogP contribution >= 0.6 is 0 Å². The summed E-state index contributed by atoms with van der Waals surface area (Å²) in [6.45, 7) is 0. The number of aromatic nitrogens is 1. The highest BCUT2D eigenvalue weighted by Gasteiger charge is 2.37. The lowest BCUT2D eigenvalue weighted by Gasteiger charge is -2.12. The molecule has 0 saturated carbocycles. The van der Waals surface area contributed by atoms with Crippen molar-refractivity contribution in [1.29, 1.82) is 0 Å². The Morgan fingerprint density at radius 3 is 2.65 bits per heavy atom. The van der Waals surface area contributed by atoms with Gasteiger partial charge in [0.25, 0.3) is 0 Å². The SMILES string of the molecule is COC(=O)C(N)Cc1c(C(F)(F)F)[nH]c2ccccc12. The summed E-state index contributed by atoms with van der Waals surface area (Å²) in [4.78, 5) is 13.6. The lowest BCUT2D eigenvalue weighted by Crippen LogP contribution is -2.34. The molecule has 0 spiro atoms. The number of ether oxygens (including phenoxy) is 1. The zero-order valence-electron chi connectivity index (χ0n) is 10.6. The maximum absolute atomic E-state index is 13.0. The van der Waals surface area contributed by atoms with Crippen LogP contribution in [0.1, 0.15) is 11.3 Å². The lowest BCUT2D eigenvalue weighted by molar-refractivity contribution is -0.144. The van der Waals surface area contributed by atoms with Crippen LogP contribution in [-0.4, -0.2) is 24.1 Å². The van der Waals surface area contributed by atoms with E-state index >= 15 is 0 Å². The van der Waals surface area contributed by atoms with Gasteiger partial charge in [0.05, 0.1) is 7.11 Å². The van der Waals surface area contributed by atoms with Gasteiger partial charge in [-0.05, 0) is 11.6 Å². The number of methoxy groups -OCH3 is 1. The average molecular weight is 286 g/mol. The van der Waals surface area contributed by atoms with Crippen molar-refractivity contribution in [3.63, 3.8) is 0 Å². The third-order valence-corrected chi connectivity index (χ3v) is 3.03.